The van der Waals surface area contributed by atoms with Crippen molar-refractivity contribution in [3.8, 4) is 22.8 Å². The summed E-state index contributed by atoms with van der Waals surface area (Å²) < 4.78 is 19.8. The van der Waals surface area contributed by atoms with Crippen LogP contribution in [0.1, 0.15) is 42.3 Å². The molecule has 40 heavy (non-hydrogen) atoms. The summed E-state index contributed by atoms with van der Waals surface area (Å²) in [5.41, 5.74) is 6.19. The highest BCUT2D eigenvalue weighted by Crippen LogP contribution is 2.39. The fraction of sp³-hybridized carbons (Fsp3) is 0.406. The van der Waals surface area contributed by atoms with Crippen LogP contribution in [0.25, 0.3) is 22.2 Å². The quantitative estimate of drug-likeness (QED) is 0.227. The van der Waals surface area contributed by atoms with Gasteiger partial charge in [-0.2, -0.15) is 0 Å². The summed E-state index contributed by atoms with van der Waals surface area (Å²) in [6.45, 7) is 12.5. The first kappa shape index (κ1) is 28.1. The van der Waals surface area contributed by atoms with Crippen molar-refractivity contribution in [2.24, 2.45) is 0 Å². The number of hydrogen-bond acceptors (Lipinski definition) is 4. The van der Waals surface area contributed by atoms with Crippen LogP contribution in [0.15, 0.2) is 54.9 Å². The van der Waals surface area contributed by atoms with Gasteiger partial charge in [-0.05, 0) is 66.4 Å². The van der Waals surface area contributed by atoms with Crippen molar-refractivity contribution in [2.75, 3.05) is 20.8 Å². The van der Waals surface area contributed by atoms with Gasteiger partial charge in [0, 0.05) is 41.1 Å². The Hall–Kier alpha value is -3.49. The number of rotatable bonds is 9. The first-order valence-corrected chi connectivity index (χ1v) is 16.9. The molecular formula is C32H41N3O4Si. The predicted octanol–water partition coefficient (Wildman–Crippen LogP) is 6.57. The van der Waals surface area contributed by atoms with Gasteiger partial charge >= 0.3 is 0 Å². The Morgan fingerprint density at radius 3 is 2.55 bits per heavy atom. The Labute approximate surface area is 238 Å². The van der Waals surface area contributed by atoms with E-state index in [1.54, 1.807) is 14.2 Å². The van der Waals surface area contributed by atoms with Gasteiger partial charge in [-0.15, -0.1) is 0 Å². The molecule has 0 spiro atoms. The van der Waals surface area contributed by atoms with Crippen LogP contribution in [0.4, 0.5) is 0 Å². The van der Waals surface area contributed by atoms with Gasteiger partial charge in [0.2, 0.25) is 0 Å². The number of aryl methyl sites for hydroxylation is 2. The van der Waals surface area contributed by atoms with E-state index in [0.29, 0.717) is 24.3 Å². The predicted molar refractivity (Wildman–Crippen MR) is 163 cm³/mol. The fourth-order valence-electron chi connectivity index (χ4n) is 5.17. The molecule has 1 aliphatic heterocycles. The SMILES string of the molecule is COc1cc2c(cc1OC)-c1cc(C(=O)N[C@@H](CO[Si](C)(C)C(C)(C)C)Cc3c[nH]c4ccccc34)cn1CC2. The summed E-state index contributed by atoms with van der Waals surface area (Å²) in [4.78, 5) is 17.1. The van der Waals surface area contributed by atoms with E-state index in [2.05, 4.69) is 60.9 Å². The lowest BCUT2D eigenvalue weighted by atomic mass is 9.97. The number of aromatic amines is 1. The third kappa shape index (κ3) is 5.42. The number of para-hydroxylation sites is 1. The van der Waals surface area contributed by atoms with Crippen LogP contribution in [0, 0.1) is 0 Å². The molecule has 4 aromatic rings. The second kappa shape index (κ2) is 10.8. The molecule has 5 rings (SSSR count). The number of benzene rings is 2. The zero-order valence-corrected chi connectivity index (χ0v) is 25.7. The maximum absolute atomic E-state index is 13.7. The van der Waals surface area contributed by atoms with Crippen LogP contribution in [-0.4, -0.2) is 50.6 Å². The number of methoxy groups -OCH3 is 2. The summed E-state index contributed by atoms with van der Waals surface area (Å²) in [6, 6.07) is 14.1. The molecule has 0 saturated carbocycles. The van der Waals surface area contributed by atoms with Crippen LogP contribution in [-0.2, 0) is 23.8 Å². The van der Waals surface area contributed by atoms with Gasteiger partial charge < -0.3 is 28.8 Å². The average Bonchev–Trinajstić information content (AvgIpc) is 3.55. The number of H-pyrrole nitrogens is 1. The van der Waals surface area contributed by atoms with Crippen molar-refractivity contribution in [1.29, 1.82) is 0 Å². The number of nitrogens with one attached hydrogen (secondary N) is 2. The third-order valence-corrected chi connectivity index (χ3v) is 13.1. The van der Waals surface area contributed by atoms with Gasteiger partial charge in [-0.25, -0.2) is 0 Å². The maximum Gasteiger partial charge on any atom is 0.253 e. The molecule has 1 amide bonds. The highest BCUT2D eigenvalue weighted by atomic mass is 28.4. The zero-order valence-electron chi connectivity index (χ0n) is 24.7. The molecule has 8 heteroatoms. The highest BCUT2D eigenvalue weighted by molar-refractivity contribution is 6.74. The summed E-state index contributed by atoms with van der Waals surface area (Å²) in [5.74, 6) is 1.32. The van der Waals surface area contributed by atoms with Crippen molar-refractivity contribution in [3.63, 3.8) is 0 Å². The number of amides is 1. The average molecular weight is 560 g/mol. The Kier molecular flexibility index (Phi) is 7.59. The van der Waals surface area contributed by atoms with E-state index in [-0.39, 0.29) is 17.0 Å². The molecule has 0 bridgehead atoms. The second-order valence-electron chi connectivity index (χ2n) is 12.2. The molecule has 7 nitrogen and oxygen atoms in total. The molecule has 0 aliphatic carbocycles. The number of hydrogen-bond donors (Lipinski definition) is 2. The summed E-state index contributed by atoms with van der Waals surface area (Å²) in [6.07, 6.45) is 5.55. The Morgan fingerprint density at radius 2 is 1.82 bits per heavy atom. The molecule has 3 heterocycles. The number of carbonyl (C=O) groups excluding carboxylic acids is 1. The molecule has 0 unspecified atom stereocenters. The minimum Gasteiger partial charge on any atom is -0.493 e. The number of nitrogens with zero attached hydrogens (tertiary/aromatic N) is 1. The Morgan fingerprint density at radius 1 is 1.10 bits per heavy atom. The van der Waals surface area contributed by atoms with E-state index in [9.17, 15) is 4.79 Å². The number of fused-ring (bicyclic) bond motifs is 4. The Balaban J connectivity index is 1.41. The zero-order chi connectivity index (χ0) is 28.7. The lowest BCUT2D eigenvalue weighted by Crippen LogP contribution is -2.47. The summed E-state index contributed by atoms with van der Waals surface area (Å²) in [5, 5.41) is 4.58. The largest absolute Gasteiger partial charge is 0.493 e. The van der Waals surface area contributed by atoms with Crippen molar-refractivity contribution in [2.45, 2.75) is 64.3 Å². The van der Waals surface area contributed by atoms with Crippen LogP contribution in [0.2, 0.25) is 18.1 Å². The molecule has 2 aromatic heterocycles. The van der Waals surface area contributed by atoms with Gasteiger partial charge in [0.15, 0.2) is 19.8 Å². The smallest absolute Gasteiger partial charge is 0.253 e. The van der Waals surface area contributed by atoms with Gasteiger partial charge in [0.05, 0.1) is 32.4 Å². The standard InChI is InChI=1S/C32H41N3O4Si/c1-32(2,3)40(6,7)39-20-24(14-22-18-33-27-11-9-8-10-25(22)27)34-31(36)23-15-28-26-17-30(38-5)29(37-4)16-21(26)12-13-35(28)19-23/h8-11,15-19,24,33H,12-14,20H2,1-7H3,(H,34,36)/t24-/m1/s1. The Bertz CT molecular complexity index is 1530. The van der Waals surface area contributed by atoms with E-state index >= 15 is 0 Å². The second-order valence-corrected chi connectivity index (χ2v) is 17.0. The third-order valence-electron chi connectivity index (χ3n) is 8.59. The van der Waals surface area contributed by atoms with Gasteiger partial charge in [-0.1, -0.05) is 39.0 Å². The molecule has 2 N–H and O–H groups in total. The van der Waals surface area contributed by atoms with Crippen molar-refractivity contribution < 1.29 is 18.7 Å². The van der Waals surface area contributed by atoms with Crippen molar-refractivity contribution in [1.82, 2.24) is 14.9 Å². The first-order chi connectivity index (χ1) is 19.0. The summed E-state index contributed by atoms with van der Waals surface area (Å²) in [7, 11) is 1.29. The number of ether oxygens (including phenoxy) is 2. The van der Waals surface area contributed by atoms with Crippen LogP contribution in [0.3, 0.4) is 0 Å². The van der Waals surface area contributed by atoms with E-state index in [1.807, 2.05) is 42.7 Å². The minimum absolute atomic E-state index is 0.0842. The minimum atomic E-state index is -2.00. The maximum atomic E-state index is 13.7. The van der Waals surface area contributed by atoms with E-state index in [1.165, 1.54) is 16.5 Å². The molecular weight excluding hydrogens is 518 g/mol. The van der Waals surface area contributed by atoms with Crippen LogP contribution < -0.4 is 14.8 Å². The van der Waals surface area contributed by atoms with Crippen molar-refractivity contribution in [3.05, 3.63) is 71.5 Å². The normalized spacial score (nSPS) is 14.0. The number of aromatic nitrogens is 2. The van der Waals surface area contributed by atoms with E-state index < -0.39 is 8.32 Å². The molecule has 2 aromatic carbocycles. The van der Waals surface area contributed by atoms with Crippen LogP contribution >= 0.6 is 0 Å². The lowest BCUT2D eigenvalue weighted by Gasteiger charge is -2.37. The molecule has 0 fully saturated rings. The van der Waals surface area contributed by atoms with E-state index in [4.69, 9.17) is 13.9 Å². The lowest BCUT2D eigenvalue weighted by molar-refractivity contribution is 0.0918. The monoisotopic (exact) mass is 559 g/mol. The van der Waals surface area contributed by atoms with Crippen LogP contribution in [0.5, 0.6) is 11.5 Å². The molecule has 0 saturated heterocycles. The fourth-order valence-corrected chi connectivity index (χ4v) is 6.22. The van der Waals surface area contributed by atoms with Crippen molar-refractivity contribution >= 4 is 25.1 Å². The van der Waals surface area contributed by atoms with Gasteiger partial charge in [0.1, 0.15) is 0 Å². The van der Waals surface area contributed by atoms with Gasteiger partial charge in [-0.3, -0.25) is 4.79 Å². The molecule has 0 radical (unpaired) electrons. The molecule has 1 atom stereocenters. The number of carbonyl (C=O) groups is 1. The molecule has 1 aliphatic rings. The topological polar surface area (TPSA) is 77.5 Å². The van der Waals surface area contributed by atoms with Gasteiger partial charge in [0.25, 0.3) is 5.91 Å². The highest BCUT2D eigenvalue weighted by Gasteiger charge is 2.38. The first-order valence-electron chi connectivity index (χ1n) is 14.0. The summed E-state index contributed by atoms with van der Waals surface area (Å²) >= 11 is 0. The van der Waals surface area contributed by atoms with E-state index in [0.717, 1.165) is 35.5 Å². The molecule has 212 valence electrons.